The minimum atomic E-state index is -3.53. The van der Waals surface area contributed by atoms with Gasteiger partial charge in [-0.15, -0.1) is 0 Å². The van der Waals surface area contributed by atoms with Gasteiger partial charge in [-0.05, 0) is 32.9 Å². The van der Waals surface area contributed by atoms with Gasteiger partial charge < -0.3 is 5.32 Å². The second-order valence-electron chi connectivity index (χ2n) is 5.42. The Hall–Kier alpha value is -1.18. The molecule has 1 aliphatic rings. The number of sulfonamides is 1. The Morgan fingerprint density at radius 3 is 2.52 bits per heavy atom. The van der Waals surface area contributed by atoms with Gasteiger partial charge in [0.15, 0.2) is 5.03 Å². The molecule has 1 saturated heterocycles. The second kappa shape index (κ2) is 6.72. The number of rotatable bonds is 5. The van der Waals surface area contributed by atoms with Gasteiger partial charge in [-0.3, -0.25) is 4.90 Å². The fourth-order valence-electron chi connectivity index (χ4n) is 2.50. The van der Waals surface area contributed by atoms with Crippen molar-refractivity contribution in [3.05, 3.63) is 18.3 Å². The van der Waals surface area contributed by atoms with Crippen molar-refractivity contribution in [2.45, 2.75) is 31.8 Å². The molecule has 0 aliphatic carbocycles. The zero-order valence-electron chi connectivity index (χ0n) is 12.9. The molecule has 118 valence electrons. The summed E-state index contributed by atoms with van der Waals surface area (Å²) in [5.41, 5.74) is 0.575. The van der Waals surface area contributed by atoms with Gasteiger partial charge >= 0.3 is 0 Å². The first-order chi connectivity index (χ1) is 9.96. The van der Waals surface area contributed by atoms with Gasteiger partial charge in [0.1, 0.15) is 0 Å². The van der Waals surface area contributed by atoms with E-state index >= 15 is 0 Å². The van der Waals surface area contributed by atoms with Crippen LogP contribution in [0.2, 0.25) is 0 Å². The highest BCUT2D eigenvalue weighted by Crippen LogP contribution is 2.23. The van der Waals surface area contributed by atoms with Crippen molar-refractivity contribution in [2.75, 3.05) is 38.0 Å². The van der Waals surface area contributed by atoms with Crippen molar-refractivity contribution in [1.29, 1.82) is 0 Å². The number of hydrogen-bond acceptors (Lipinski definition) is 5. The normalized spacial score (nSPS) is 18.1. The first-order valence-corrected chi connectivity index (χ1v) is 8.84. The maximum Gasteiger partial charge on any atom is 0.262 e. The number of anilines is 1. The van der Waals surface area contributed by atoms with Crippen molar-refractivity contribution in [3.8, 4) is 0 Å². The summed E-state index contributed by atoms with van der Waals surface area (Å²) in [5, 5.41) is 3.20. The van der Waals surface area contributed by atoms with Crippen LogP contribution in [0.15, 0.2) is 23.4 Å². The third-order valence-corrected chi connectivity index (χ3v) is 5.59. The maximum absolute atomic E-state index is 12.8. The van der Waals surface area contributed by atoms with Crippen LogP contribution in [-0.4, -0.2) is 61.4 Å². The van der Waals surface area contributed by atoms with Gasteiger partial charge in [0.2, 0.25) is 0 Å². The highest BCUT2D eigenvalue weighted by Gasteiger charge is 2.31. The lowest BCUT2D eigenvalue weighted by molar-refractivity contribution is 0.154. The van der Waals surface area contributed by atoms with Crippen LogP contribution in [0.3, 0.4) is 0 Å². The van der Waals surface area contributed by atoms with Crippen LogP contribution in [0.1, 0.15) is 20.8 Å². The topological polar surface area (TPSA) is 65.5 Å². The zero-order chi connectivity index (χ0) is 15.5. The van der Waals surface area contributed by atoms with E-state index in [0.717, 1.165) is 13.1 Å². The molecular weight excluding hydrogens is 288 g/mol. The third kappa shape index (κ3) is 3.53. The van der Waals surface area contributed by atoms with Crippen molar-refractivity contribution in [1.82, 2.24) is 14.2 Å². The maximum atomic E-state index is 12.8. The van der Waals surface area contributed by atoms with Gasteiger partial charge in [0.05, 0.1) is 5.69 Å². The Labute approximate surface area is 127 Å². The van der Waals surface area contributed by atoms with Crippen LogP contribution < -0.4 is 5.32 Å². The van der Waals surface area contributed by atoms with E-state index in [0.29, 0.717) is 31.4 Å². The molecule has 2 rings (SSSR count). The van der Waals surface area contributed by atoms with Gasteiger partial charge in [-0.25, -0.2) is 13.4 Å². The SMILES string of the molecule is CCNc1cccnc1S(=O)(=O)N1CCN(C(C)C)CC1. The molecule has 1 fully saturated rings. The summed E-state index contributed by atoms with van der Waals surface area (Å²) in [6, 6.07) is 3.95. The molecule has 0 aromatic carbocycles. The Bertz CT molecular complexity index is 566. The monoisotopic (exact) mass is 312 g/mol. The van der Waals surface area contributed by atoms with Gasteiger partial charge in [-0.1, -0.05) is 0 Å². The summed E-state index contributed by atoms with van der Waals surface area (Å²) in [5.74, 6) is 0. The number of aromatic nitrogens is 1. The summed E-state index contributed by atoms with van der Waals surface area (Å²) in [7, 11) is -3.53. The van der Waals surface area contributed by atoms with E-state index in [-0.39, 0.29) is 5.03 Å². The molecule has 21 heavy (non-hydrogen) atoms. The Balaban J connectivity index is 2.20. The molecule has 0 saturated carbocycles. The fourth-order valence-corrected chi connectivity index (χ4v) is 4.00. The van der Waals surface area contributed by atoms with Crippen molar-refractivity contribution < 1.29 is 8.42 Å². The van der Waals surface area contributed by atoms with Gasteiger partial charge in [-0.2, -0.15) is 4.31 Å². The Kier molecular flexibility index (Phi) is 5.18. The zero-order valence-corrected chi connectivity index (χ0v) is 13.7. The molecule has 2 heterocycles. The third-order valence-electron chi connectivity index (χ3n) is 3.73. The number of piperazine rings is 1. The smallest absolute Gasteiger partial charge is 0.262 e. The number of hydrogen-bond donors (Lipinski definition) is 1. The first-order valence-electron chi connectivity index (χ1n) is 7.40. The lowest BCUT2D eigenvalue weighted by atomic mass is 10.3. The molecule has 0 atom stereocenters. The standard InChI is InChI=1S/C14H24N4O2S/c1-4-15-13-6-5-7-16-14(13)21(19,20)18-10-8-17(9-11-18)12(2)3/h5-7,12,15H,4,8-11H2,1-3H3. The quantitative estimate of drug-likeness (QED) is 0.886. The van der Waals surface area contributed by atoms with E-state index in [4.69, 9.17) is 0 Å². The summed E-state index contributed by atoms with van der Waals surface area (Å²) >= 11 is 0. The van der Waals surface area contributed by atoms with E-state index in [1.54, 1.807) is 12.1 Å². The molecule has 1 aromatic heterocycles. The largest absolute Gasteiger partial charge is 0.383 e. The Morgan fingerprint density at radius 1 is 1.29 bits per heavy atom. The minimum absolute atomic E-state index is 0.129. The molecule has 0 amide bonds. The number of nitrogens with zero attached hydrogens (tertiary/aromatic N) is 3. The lowest BCUT2D eigenvalue weighted by Crippen LogP contribution is -2.50. The summed E-state index contributed by atoms with van der Waals surface area (Å²) < 4.78 is 27.1. The number of pyridine rings is 1. The van der Waals surface area contributed by atoms with Gasteiger partial charge in [0, 0.05) is 45.0 Å². The lowest BCUT2D eigenvalue weighted by Gasteiger charge is -2.36. The highest BCUT2D eigenvalue weighted by atomic mass is 32.2. The molecule has 0 bridgehead atoms. The highest BCUT2D eigenvalue weighted by molar-refractivity contribution is 7.89. The molecule has 1 aliphatic heterocycles. The van der Waals surface area contributed by atoms with Crippen LogP contribution >= 0.6 is 0 Å². The molecule has 1 aromatic rings. The van der Waals surface area contributed by atoms with Gasteiger partial charge in [0.25, 0.3) is 10.0 Å². The van der Waals surface area contributed by atoms with Crippen molar-refractivity contribution >= 4 is 15.7 Å². The predicted octanol–water partition coefficient (Wildman–Crippen LogP) is 1.23. The summed E-state index contributed by atoms with van der Waals surface area (Å²) in [6.07, 6.45) is 1.53. The van der Waals surface area contributed by atoms with Crippen LogP contribution in [0, 0.1) is 0 Å². The molecule has 0 unspecified atom stereocenters. The summed E-state index contributed by atoms with van der Waals surface area (Å²) in [6.45, 7) is 9.42. The summed E-state index contributed by atoms with van der Waals surface area (Å²) in [4.78, 5) is 6.38. The average molecular weight is 312 g/mol. The van der Waals surface area contributed by atoms with E-state index in [1.807, 2.05) is 6.92 Å². The molecule has 0 radical (unpaired) electrons. The molecule has 6 nitrogen and oxygen atoms in total. The second-order valence-corrected chi connectivity index (χ2v) is 7.27. The minimum Gasteiger partial charge on any atom is -0.383 e. The van der Waals surface area contributed by atoms with E-state index in [1.165, 1.54) is 10.5 Å². The van der Waals surface area contributed by atoms with E-state index < -0.39 is 10.0 Å². The fraction of sp³-hybridized carbons (Fsp3) is 0.643. The van der Waals surface area contributed by atoms with E-state index in [9.17, 15) is 8.42 Å². The number of nitrogens with one attached hydrogen (secondary N) is 1. The Morgan fingerprint density at radius 2 is 1.95 bits per heavy atom. The van der Waals surface area contributed by atoms with Crippen molar-refractivity contribution in [3.63, 3.8) is 0 Å². The van der Waals surface area contributed by atoms with Crippen molar-refractivity contribution in [2.24, 2.45) is 0 Å². The van der Waals surface area contributed by atoms with Crippen LogP contribution in [0.5, 0.6) is 0 Å². The van der Waals surface area contributed by atoms with Crippen LogP contribution in [0.4, 0.5) is 5.69 Å². The predicted molar refractivity (Wildman–Crippen MR) is 83.9 cm³/mol. The molecule has 1 N–H and O–H groups in total. The molecular formula is C14H24N4O2S. The molecule has 7 heteroatoms. The first kappa shape index (κ1) is 16.2. The van der Waals surface area contributed by atoms with Crippen LogP contribution in [0.25, 0.3) is 0 Å². The van der Waals surface area contributed by atoms with Crippen LogP contribution in [-0.2, 0) is 10.0 Å². The average Bonchev–Trinajstić information content (AvgIpc) is 2.48. The van der Waals surface area contributed by atoms with E-state index in [2.05, 4.69) is 29.0 Å². The molecule has 0 spiro atoms.